The second-order valence-corrected chi connectivity index (χ2v) is 7.23. The minimum absolute atomic E-state index is 0.149. The van der Waals surface area contributed by atoms with E-state index in [-0.39, 0.29) is 17.3 Å². The van der Waals surface area contributed by atoms with Crippen molar-refractivity contribution in [2.45, 2.75) is 26.3 Å². The van der Waals surface area contributed by atoms with Crippen LogP contribution in [0.4, 0.5) is 0 Å². The Morgan fingerprint density at radius 2 is 1.97 bits per heavy atom. The van der Waals surface area contributed by atoms with Gasteiger partial charge in [-0.2, -0.15) is 0 Å². The zero-order valence-corrected chi connectivity index (χ0v) is 17.4. The first-order valence-electron chi connectivity index (χ1n) is 9.80. The summed E-state index contributed by atoms with van der Waals surface area (Å²) in [7, 11) is 5.22. The third-order valence-corrected chi connectivity index (χ3v) is 5.08. The summed E-state index contributed by atoms with van der Waals surface area (Å²) in [6.45, 7) is 3.72. The molecule has 1 unspecified atom stereocenters. The lowest BCUT2D eigenvalue weighted by Gasteiger charge is -2.16. The van der Waals surface area contributed by atoms with E-state index in [2.05, 4.69) is 14.0 Å². The maximum atomic E-state index is 12.9. The molecule has 0 aromatic heterocycles. The molecule has 2 aromatic carbocycles. The van der Waals surface area contributed by atoms with Gasteiger partial charge in [-0.05, 0) is 36.8 Å². The SMILES string of the molecule is CCCC[NH+](C)Cc1c(O)ccc2c1O/C(=C\c1ccc(OC)cc1OC)C2=O. The topological polar surface area (TPSA) is 69.4 Å². The number of carbonyl (C=O) groups is 1. The Morgan fingerprint density at radius 3 is 2.66 bits per heavy atom. The van der Waals surface area contributed by atoms with Gasteiger partial charge in [0.05, 0.1) is 38.9 Å². The third-order valence-electron chi connectivity index (χ3n) is 5.08. The van der Waals surface area contributed by atoms with E-state index < -0.39 is 0 Å². The second-order valence-electron chi connectivity index (χ2n) is 7.23. The van der Waals surface area contributed by atoms with Gasteiger partial charge >= 0.3 is 0 Å². The van der Waals surface area contributed by atoms with Crippen LogP contribution in [0, 0.1) is 0 Å². The molecule has 0 saturated carbocycles. The fraction of sp³-hybridized carbons (Fsp3) is 0.348. The number of nitrogens with one attached hydrogen (secondary N) is 1. The summed E-state index contributed by atoms with van der Waals surface area (Å²) in [5, 5.41) is 10.4. The lowest BCUT2D eigenvalue weighted by molar-refractivity contribution is -0.894. The van der Waals surface area contributed by atoms with Crippen LogP contribution in [0.2, 0.25) is 0 Å². The molecule has 1 atom stereocenters. The number of allylic oxidation sites excluding steroid dienone is 1. The van der Waals surface area contributed by atoms with Crippen LogP contribution in [0.1, 0.15) is 41.3 Å². The second kappa shape index (κ2) is 9.01. The van der Waals surface area contributed by atoms with Crippen LogP contribution < -0.4 is 19.1 Å². The summed E-state index contributed by atoms with van der Waals surface area (Å²) in [6.07, 6.45) is 3.88. The average Bonchev–Trinajstić information content (AvgIpc) is 3.04. The Hall–Kier alpha value is -2.99. The molecule has 0 spiro atoms. The van der Waals surface area contributed by atoms with Crippen LogP contribution in [0.15, 0.2) is 36.1 Å². The van der Waals surface area contributed by atoms with Gasteiger partial charge in [-0.25, -0.2) is 0 Å². The van der Waals surface area contributed by atoms with Gasteiger partial charge in [0.2, 0.25) is 5.78 Å². The molecule has 29 heavy (non-hydrogen) atoms. The number of unbranched alkanes of at least 4 members (excludes halogenated alkanes) is 1. The van der Waals surface area contributed by atoms with Crippen molar-refractivity contribution in [3.05, 3.63) is 52.8 Å². The zero-order valence-electron chi connectivity index (χ0n) is 17.4. The van der Waals surface area contributed by atoms with Gasteiger partial charge in [0.25, 0.3) is 0 Å². The first-order valence-corrected chi connectivity index (χ1v) is 9.80. The van der Waals surface area contributed by atoms with Gasteiger partial charge in [0.1, 0.15) is 23.8 Å². The van der Waals surface area contributed by atoms with Gasteiger partial charge in [0.15, 0.2) is 11.5 Å². The minimum Gasteiger partial charge on any atom is -0.507 e. The fourth-order valence-corrected chi connectivity index (χ4v) is 3.42. The van der Waals surface area contributed by atoms with E-state index in [0.717, 1.165) is 19.4 Å². The van der Waals surface area contributed by atoms with Crippen LogP contribution >= 0.6 is 0 Å². The van der Waals surface area contributed by atoms with E-state index in [1.54, 1.807) is 44.6 Å². The van der Waals surface area contributed by atoms with Crippen molar-refractivity contribution < 1.29 is 29.0 Å². The predicted molar refractivity (Wildman–Crippen MR) is 111 cm³/mol. The lowest BCUT2D eigenvalue weighted by atomic mass is 10.0. The number of hydrogen-bond donors (Lipinski definition) is 2. The molecule has 0 bridgehead atoms. The van der Waals surface area contributed by atoms with Crippen molar-refractivity contribution in [2.24, 2.45) is 0 Å². The van der Waals surface area contributed by atoms with Gasteiger partial charge in [-0.3, -0.25) is 4.79 Å². The highest BCUT2D eigenvalue weighted by Crippen LogP contribution is 2.39. The first kappa shape index (κ1) is 20.7. The van der Waals surface area contributed by atoms with Crippen molar-refractivity contribution in [2.75, 3.05) is 27.8 Å². The number of benzene rings is 2. The fourth-order valence-electron chi connectivity index (χ4n) is 3.42. The highest BCUT2D eigenvalue weighted by atomic mass is 16.5. The maximum Gasteiger partial charge on any atom is 0.231 e. The van der Waals surface area contributed by atoms with E-state index in [0.29, 0.717) is 40.5 Å². The number of Topliss-reactive ketones (excluding diaryl/α,β-unsaturated/α-hetero) is 1. The standard InChI is InChI=1S/C23H27NO5/c1-5-6-11-24(2)14-18-19(25)10-9-17-22(26)21(29-23(17)18)12-15-7-8-16(27-3)13-20(15)28-4/h7-10,12-13,25H,5-6,11,14H2,1-4H3/p+1/b21-12-. The molecule has 0 aliphatic carbocycles. The Balaban J connectivity index is 1.93. The Morgan fingerprint density at radius 1 is 1.17 bits per heavy atom. The van der Waals surface area contributed by atoms with E-state index in [1.165, 1.54) is 4.90 Å². The molecule has 0 radical (unpaired) electrons. The number of ether oxygens (including phenoxy) is 3. The molecule has 0 fully saturated rings. The van der Waals surface area contributed by atoms with E-state index in [9.17, 15) is 9.90 Å². The largest absolute Gasteiger partial charge is 0.507 e. The molecule has 1 heterocycles. The number of ketones is 1. The summed E-state index contributed by atoms with van der Waals surface area (Å²) < 4.78 is 16.6. The number of carbonyl (C=O) groups excluding carboxylic acids is 1. The number of methoxy groups -OCH3 is 2. The molecular weight excluding hydrogens is 370 g/mol. The first-order chi connectivity index (χ1) is 14.0. The van der Waals surface area contributed by atoms with Crippen molar-refractivity contribution in [1.29, 1.82) is 0 Å². The zero-order chi connectivity index (χ0) is 21.0. The molecule has 3 rings (SSSR count). The number of rotatable bonds is 8. The molecule has 154 valence electrons. The van der Waals surface area contributed by atoms with Crippen molar-refractivity contribution >= 4 is 11.9 Å². The Labute approximate surface area is 171 Å². The maximum absolute atomic E-state index is 12.9. The number of phenols is 1. The molecule has 2 N–H and O–H groups in total. The quantitative estimate of drug-likeness (QED) is 0.670. The van der Waals surface area contributed by atoms with Gasteiger partial charge in [-0.1, -0.05) is 13.3 Å². The molecule has 6 heteroatoms. The molecule has 6 nitrogen and oxygen atoms in total. The highest BCUT2D eigenvalue weighted by molar-refractivity contribution is 6.15. The molecule has 0 saturated heterocycles. The van der Waals surface area contributed by atoms with Crippen LogP contribution in [-0.4, -0.2) is 38.7 Å². The normalized spacial score (nSPS) is 15.2. The number of quaternary nitrogens is 1. The van der Waals surface area contributed by atoms with E-state index >= 15 is 0 Å². The van der Waals surface area contributed by atoms with Crippen LogP contribution in [0.5, 0.6) is 23.0 Å². The predicted octanol–water partition coefficient (Wildman–Crippen LogP) is 2.84. The molecular formula is C23H28NO5+. The molecule has 0 amide bonds. The van der Waals surface area contributed by atoms with Crippen molar-refractivity contribution in [3.8, 4) is 23.0 Å². The molecule has 2 aromatic rings. The summed E-state index contributed by atoms with van der Waals surface area (Å²) >= 11 is 0. The van der Waals surface area contributed by atoms with Gasteiger partial charge < -0.3 is 24.2 Å². The smallest absolute Gasteiger partial charge is 0.231 e. The monoisotopic (exact) mass is 398 g/mol. The Kier molecular flexibility index (Phi) is 6.44. The van der Waals surface area contributed by atoms with E-state index in [1.807, 2.05) is 6.07 Å². The van der Waals surface area contributed by atoms with Crippen molar-refractivity contribution in [1.82, 2.24) is 0 Å². The molecule has 1 aliphatic rings. The number of phenolic OH excluding ortho intramolecular Hbond substituents is 1. The summed E-state index contributed by atoms with van der Waals surface area (Å²) in [5.41, 5.74) is 1.84. The third kappa shape index (κ3) is 4.38. The highest BCUT2D eigenvalue weighted by Gasteiger charge is 2.32. The molecule has 1 aliphatic heterocycles. The van der Waals surface area contributed by atoms with Gasteiger partial charge in [-0.15, -0.1) is 0 Å². The number of hydrogen-bond acceptors (Lipinski definition) is 5. The lowest BCUT2D eigenvalue weighted by Crippen LogP contribution is -3.07. The number of aromatic hydroxyl groups is 1. The van der Waals surface area contributed by atoms with Crippen LogP contribution in [-0.2, 0) is 6.54 Å². The number of fused-ring (bicyclic) bond motifs is 1. The van der Waals surface area contributed by atoms with Crippen LogP contribution in [0.25, 0.3) is 6.08 Å². The van der Waals surface area contributed by atoms with Crippen molar-refractivity contribution in [3.63, 3.8) is 0 Å². The Bertz CT molecular complexity index is 935. The van der Waals surface area contributed by atoms with Gasteiger partial charge in [0, 0.05) is 11.6 Å². The summed E-state index contributed by atoms with van der Waals surface area (Å²) in [4.78, 5) is 14.1. The summed E-state index contributed by atoms with van der Waals surface area (Å²) in [5.74, 6) is 1.85. The summed E-state index contributed by atoms with van der Waals surface area (Å²) in [6, 6.07) is 8.54. The average molecular weight is 398 g/mol. The van der Waals surface area contributed by atoms with Crippen LogP contribution in [0.3, 0.4) is 0 Å². The minimum atomic E-state index is -0.203. The van der Waals surface area contributed by atoms with E-state index in [4.69, 9.17) is 14.2 Å².